The number of rotatable bonds is 5. The lowest BCUT2D eigenvalue weighted by Crippen LogP contribution is -2.39. The first-order chi connectivity index (χ1) is 7.47. The average Bonchev–Trinajstić information content (AvgIpc) is 2.63. The van der Waals surface area contributed by atoms with Gasteiger partial charge in [-0.1, -0.05) is 33.6 Å². The minimum absolute atomic E-state index is 0.154. The van der Waals surface area contributed by atoms with Gasteiger partial charge in [0.05, 0.1) is 6.54 Å². The zero-order valence-electron chi connectivity index (χ0n) is 10.9. The van der Waals surface area contributed by atoms with Gasteiger partial charge in [-0.3, -0.25) is 4.79 Å². The second-order valence-corrected chi connectivity index (χ2v) is 6.04. The fraction of sp³-hybridized carbons (Fsp3) is 0.923. The molecule has 0 aromatic heterocycles. The van der Waals surface area contributed by atoms with Gasteiger partial charge in [0.2, 0.25) is 5.91 Å². The van der Waals surface area contributed by atoms with Crippen LogP contribution < -0.4 is 10.6 Å². The van der Waals surface area contributed by atoms with E-state index < -0.39 is 0 Å². The normalized spacial score (nSPS) is 17.7. The van der Waals surface area contributed by atoms with Gasteiger partial charge in [-0.2, -0.15) is 0 Å². The Kier molecular flexibility index (Phi) is 5.26. The van der Waals surface area contributed by atoms with Gasteiger partial charge in [0.15, 0.2) is 0 Å². The van der Waals surface area contributed by atoms with E-state index in [1.807, 2.05) is 0 Å². The van der Waals surface area contributed by atoms with Crippen molar-refractivity contribution >= 4 is 5.91 Å². The van der Waals surface area contributed by atoms with Crippen LogP contribution in [0.15, 0.2) is 0 Å². The van der Waals surface area contributed by atoms with E-state index in [4.69, 9.17) is 0 Å². The van der Waals surface area contributed by atoms with E-state index >= 15 is 0 Å². The summed E-state index contributed by atoms with van der Waals surface area (Å²) >= 11 is 0. The predicted octanol–water partition coefficient (Wildman–Crippen LogP) is 2.07. The van der Waals surface area contributed by atoms with Crippen LogP contribution in [-0.4, -0.2) is 25.0 Å². The molecule has 0 aromatic rings. The van der Waals surface area contributed by atoms with E-state index in [2.05, 4.69) is 31.4 Å². The van der Waals surface area contributed by atoms with E-state index in [-0.39, 0.29) is 5.91 Å². The van der Waals surface area contributed by atoms with Gasteiger partial charge in [-0.15, -0.1) is 0 Å². The molecule has 0 atom stereocenters. The van der Waals surface area contributed by atoms with Gasteiger partial charge in [-0.25, -0.2) is 0 Å². The third-order valence-electron chi connectivity index (χ3n) is 3.06. The third kappa shape index (κ3) is 6.11. The number of hydrogen-bond acceptors (Lipinski definition) is 2. The van der Waals surface area contributed by atoms with Crippen LogP contribution in [0.3, 0.4) is 0 Å². The molecule has 16 heavy (non-hydrogen) atoms. The molecule has 1 rings (SSSR count). The van der Waals surface area contributed by atoms with Crippen LogP contribution in [0, 0.1) is 5.41 Å². The Morgan fingerprint density at radius 3 is 2.44 bits per heavy atom. The van der Waals surface area contributed by atoms with Crippen LogP contribution in [-0.2, 0) is 4.79 Å². The van der Waals surface area contributed by atoms with Crippen molar-refractivity contribution in [3.63, 3.8) is 0 Å². The lowest BCUT2D eigenvalue weighted by atomic mass is 9.92. The molecule has 1 saturated carbocycles. The van der Waals surface area contributed by atoms with Crippen molar-refractivity contribution in [3.8, 4) is 0 Å². The molecule has 0 bridgehead atoms. The van der Waals surface area contributed by atoms with Crippen LogP contribution in [0.2, 0.25) is 0 Å². The maximum atomic E-state index is 11.5. The first-order valence-electron chi connectivity index (χ1n) is 6.47. The van der Waals surface area contributed by atoms with Crippen LogP contribution in [0.4, 0.5) is 0 Å². The molecule has 3 nitrogen and oxygen atoms in total. The summed E-state index contributed by atoms with van der Waals surface area (Å²) in [6.45, 7) is 8.03. The van der Waals surface area contributed by atoms with Crippen molar-refractivity contribution in [3.05, 3.63) is 0 Å². The summed E-state index contributed by atoms with van der Waals surface area (Å²) in [5.41, 5.74) is 0.342. The number of hydrogen-bond donors (Lipinski definition) is 2. The highest BCUT2D eigenvalue weighted by atomic mass is 16.1. The molecular weight excluding hydrogens is 200 g/mol. The van der Waals surface area contributed by atoms with E-state index in [1.165, 1.54) is 12.8 Å². The number of amides is 1. The van der Waals surface area contributed by atoms with Crippen molar-refractivity contribution in [2.45, 2.75) is 58.9 Å². The Morgan fingerprint density at radius 2 is 1.88 bits per heavy atom. The Balaban J connectivity index is 2.02. The molecule has 0 radical (unpaired) electrons. The van der Waals surface area contributed by atoms with E-state index in [0.29, 0.717) is 18.0 Å². The lowest BCUT2D eigenvalue weighted by Gasteiger charge is -2.18. The van der Waals surface area contributed by atoms with Gasteiger partial charge >= 0.3 is 0 Å². The molecule has 2 N–H and O–H groups in total. The van der Waals surface area contributed by atoms with E-state index in [1.54, 1.807) is 0 Å². The first-order valence-corrected chi connectivity index (χ1v) is 6.47. The van der Waals surface area contributed by atoms with Crippen molar-refractivity contribution < 1.29 is 4.79 Å². The topological polar surface area (TPSA) is 41.1 Å². The van der Waals surface area contributed by atoms with Crippen molar-refractivity contribution in [2.24, 2.45) is 5.41 Å². The molecule has 0 aromatic carbocycles. The van der Waals surface area contributed by atoms with Crippen molar-refractivity contribution in [1.82, 2.24) is 10.6 Å². The highest BCUT2D eigenvalue weighted by molar-refractivity contribution is 5.78. The zero-order valence-corrected chi connectivity index (χ0v) is 10.9. The fourth-order valence-electron chi connectivity index (χ4n) is 2.01. The maximum Gasteiger partial charge on any atom is 0.234 e. The Morgan fingerprint density at radius 1 is 1.25 bits per heavy atom. The lowest BCUT2D eigenvalue weighted by molar-refractivity contribution is -0.120. The summed E-state index contributed by atoms with van der Waals surface area (Å²) in [5, 5.41) is 6.28. The molecule has 1 aliphatic rings. The molecule has 1 aliphatic carbocycles. The Bertz CT molecular complexity index is 214. The Hall–Kier alpha value is -0.570. The standard InChI is InChI=1S/C13H26N2O/c1-13(2,3)8-9-14-10-12(16)15-11-6-4-5-7-11/h11,14H,4-10H2,1-3H3,(H,15,16). The summed E-state index contributed by atoms with van der Waals surface area (Å²) in [6.07, 6.45) is 5.95. The highest BCUT2D eigenvalue weighted by Crippen LogP contribution is 2.17. The third-order valence-corrected chi connectivity index (χ3v) is 3.06. The quantitative estimate of drug-likeness (QED) is 0.705. The smallest absolute Gasteiger partial charge is 0.234 e. The summed E-state index contributed by atoms with van der Waals surface area (Å²) in [7, 11) is 0. The fourth-order valence-corrected chi connectivity index (χ4v) is 2.01. The molecule has 1 fully saturated rings. The van der Waals surface area contributed by atoms with Crippen LogP contribution in [0.25, 0.3) is 0 Å². The summed E-state index contributed by atoms with van der Waals surface area (Å²) in [4.78, 5) is 11.5. The van der Waals surface area contributed by atoms with Gasteiger partial charge in [0.1, 0.15) is 0 Å². The molecule has 1 amide bonds. The second kappa shape index (κ2) is 6.24. The van der Waals surface area contributed by atoms with Crippen molar-refractivity contribution in [2.75, 3.05) is 13.1 Å². The molecule has 94 valence electrons. The van der Waals surface area contributed by atoms with Gasteiger partial charge in [-0.05, 0) is 31.2 Å². The number of carbonyl (C=O) groups excluding carboxylic acids is 1. The maximum absolute atomic E-state index is 11.5. The van der Waals surface area contributed by atoms with Crippen LogP contribution in [0.5, 0.6) is 0 Å². The molecule has 0 heterocycles. The van der Waals surface area contributed by atoms with E-state index in [9.17, 15) is 4.79 Å². The molecule has 0 unspecified atom stereocenters. The molecule has 0 saturated heterocycles. The molecule has 3 heteroatoms. The van der Waals surface area contributed by atoms with Crippen molar-refractivity contribution in [1.29, 1.82) is 0 Å². The minimum Gasteiger partial charge on any atom is -0.352 e. The van der Waals surface area contributed by atoms with Gasteiger partial charge < -0.3 is 10.6 Å². The first kappa shape index (κ1) is 13.5. The number of nitrogens with one attached hydrogen (secondary N) is 2. The average molecular weight is 226 g/mol. The zero-order chi connectivity index (χ0) is 12.0. The minimum atomic E-state index is 0.154. The van der Waals surface area contributed by atoms with Crippen LogP contribution in [0.1, 0.15) is 52.9 Å². The molecular formula is C13H26N2O. The summed E-state index contributed by atoms with van der Waals surface area (Å²) < 4.78 is 0. The second-order valence-electron chi connectivity index (χ2n) is 6.04. The number of carbonyl (C=O) groups is 1. The Labute approximate surface area is 99.4 Å². The van der Waals surface area contributed by atoms with E-state index in [0.717, 1.165) is 25.8 Å². The predicted molar refractivity (Wildman–Crippen MR) is 67.3 cm³/mol. The summed E-state index contributed by atoms with van der Waals surface area (Å²) in [6, 6.07) is 0.442. The molecule has 0 aliphatic heterocycles. The van der Waals surface area contributed by atoms with Crippen LogP contribution >= 0.6 is 0 Å². The molecule has 0 spiro atoms. The largest absolute Gasteiger partial charge is 0.352 e. The summed E-state index contributed by atoms with van der Waals surface area (Å²) in [5.74, 6) is 0.154. The monoisotopic (exact) mass is 226 g/mol. The highest BCUT2D eigenvalue weighted by Gasteiger charge is 2.16. The SMILES string of the molecule is CC(C)(C)CCNCC(=O)NC1CCCC1. The van der Waals surface area contributed by atoms with Gasteiger partial charge in [0.25, 0.3) is 0 Å². The van der Waals surface area contributed by atoms with Gasteiger partial charge in [0, 0.05) is 6.04 Å².